The first-order chi connectivity index (χ1) is 7.60. The quantitative estimate of drug-likeness (QED) is 0.881. The first-order valence-electron chi connectivity index (χ1n) is 5.24. The van der Waals surface area contributed by atoms with E-state index in [1.165, 1.54) is 10.5 Å². The zero-order chi connectivity index (χ0) is 11.6. The maximum Gasteiger partial charge on any atom is 0.244 e. The number of pyridine rings is 1. The normalized spacial score (nSPS) is 20.6. The largest absolute Gasteiger partial charge is 0.312 e. The predicted molar refractivity (Wildman–Crippen MR) is 75.0 cm³/mol. The van der Waals surface area contributed by atoms with E-state index >= 15 is 0 Å². The SMILES string of the molecule is C[C@H]1CN(S(=O)(=O)c2cccnc2)CCN1.Cl.Cl. The average molecular weight is 314 g/mol. The zero-order valence-corrected chi connectivity index (χ0v) is 12.4. The van der Waals surface area contributed by atoms with E-state index in [9.17, 15) is 8.42 Å². The third kappa shape index (κ3) is 3.80. The van der Waals surface area contributed by atoms with Crippen LogP contribution in [0.15, 0.2) is 29.4 Å². The van der Waals surface area contributed by atoms with Crippen LogP contribution in [0.3, 0.4) is 0 Å². The highest BCUT2D eigenvalue weighted by Crippen LogP contribution is 2.15. The fraction of sp³-hybridized carbons (Fsp3) is 0.500. The minimum absolute atomic E-state index is 0. The van der Waals surface area contributed by atoms with Gasteiger partial charge in [0.25, 0.3) is 0 Å². The molecule has 2 rings (SSSR count). The van der Waals surface area contributed by atoms with Gasteiger partial charge in [0, 0.05) is 38.1 Å². The number of nitrogens with zero attached hydrogens (tertiary/aromatic N) is 2. The molecule has 0 radical (unpaired) electrons. The molecule has 18 heavy (non-hydrogen) atoms. The number of nitrogens with one attached hydrogen (secondary N) is 1. The number of hydrogen-bond acceptors (Lipinski definition) is 4. The van der Waals surface area contributed by atoms with Gasteiger partial charge < -0.3 is 5.32 Å². The Morgan fingerprint density at radius 1 is 1.44 bits per heavy atom. The minimum Gasteiger partial charge on any atom is -0.312 e. The summed E-state index contributed by atoms with van der Waals surface area (Å²) in [6.07, 6.45) is 2.96. The van der Waals surface area contributed by atoms with E-state index in [1.54, 1.807) is 18.3 Å². The van der Waals surface area contributed by atoms with Gasteiger partial charge in [0.05, 0.1) is 0 Å². The summed E-state index contributed by atoms with van der Waals surface area (Å²) >= 11 is 0. The molecule has 0 aliphatic carbocycles. The molecule has 1 aromatic heterocycles. The number of hydrogen-bond donors (Lipinski definition) is 1. The van der Waals surface area contributed by atoms with Gasteiger partial charge in [0.15, 0.2) is 0 Å². The first kappa shape index (κ1) is 17.6. The van der Waals surface area contributed by atoms with Gasteiger partial charge in [-0.05, 0) is 19.1 Å². The Bertz CT molecular complexity index is 455. The summed E-state index contributed by atoms with van der Waals surface area (Å²) < 4.78 is 25.9. The van der Waals surface area contributed by atoms with Crippen molar-refractivity contribution >= 4 is 34.8 Å². The monoisotopic (exact) mass is 313 g/mol. The maximum absolute atomic E-state index is 12.2. The first-order valence-corrected chi connectivity index (χ1v) is 6.68. The van der Waals surface area contributed by atoms with Gasteiger partial charge in [-0.15, -0.1) is 24.8 Å². The lowest BCUT2D eigenvalue weighted by Gasteiger charge is -2.30. The molecule has 1 aliphatic rings. The van der Waals surface area contributed by atoms with Crippen molar-refractivity contribution in [2.24, 2.45) is 0 Å². The number of piperazine rings is 1. The van der Waals surface area contributed by atoms with Crippen molar-refractivity contribution in [2.45, 2.75) is 17.9 Å². The van der Waals surface area contributed by atoms with Gasteiger partial charge in [-0.3, -0.25) is 4.98 Å². The third-order valence-electron chi connectivity index (χ3n) is 2.60. The Labute approximate surface area is 120 Å². The van der Waals surface area contributed by atoms with Crippen LogP contribution in [-0.4, -0.2) is 43.4 Å². The second kappa shape index (κ2) is 7.25. The molecule has 0 spiro atoms. The molecule has 5 nitrogen and oxygen atoms in total. The highest BCUT2D eigenvalue weighted by atomic mass is 35.5. The summed E-state index contributed by atoms with van der Waals surface area (Å²) in [5.41, 5.74) is 0. The van der Waals surface area contributed by atoms with Crippen molar-refractivity contribution in [1.29, 1.82) is 0 Å². The molecule has 8 heteroatoms. The predicted octanol–water partition coefficient (Wildman–Crippen LogP) is 0.908. The molecule has 1 aliphatic heterocycles. The van der Waals surface area contributed by atoms with Gasteiger partial charge >= 0.3 is 0 Å². The molecular weight excluding hydrogens is 297 g/mol. The lowest BCUT2D eigenvalue weighted by Crippen LogP contribution is -2.51. The Hall–Kier alpha value is -0.400. The van der Waals surface area contributed by atoms with E-state index in [2.05, 4.69) is 10.3 Å². The van der Waals surface area contributed by atoms with Crippen LogP contribution < -0.4 is 5.32 Å². The number of sulfonamides is 1. The third-order valence-corrected chi connectivity index (χ3v) is 4.45. The van der Waals surface area contributed by atoms with Crippen LogP contribution in [0.25, 0.3) is 0 Å². The van der Waals surface area contributed by atoms with Crippen LogP contribution >= 0.6 is 24.8 Å². The van der Waals surface area contributed by atoms with Crippen LogP contribution in [0.2, 0.25) is 0 Å². The molecular formula is C10H17Cl2N3O2S. The summed E-state index contributed by atoms with van der Waals surface area (Å²) in [7, 11) is -3.36. The van der Waals surface area contributed by atoms with Crippen LogP contribution in [0.4, 0.5) is 0 Å². The number of aromatic nitrogens is 1. The lowest BCUT2D eigenvalue weighted by atomic mass is 10.3. The Morgan fingerprint density at radius 3 is 2.72 bits per heavy atom. The molecule has 1 N–H and O–H groups in total. The highest BCUT2D eigenvalue weighted by molar-refractivity contribution is 7.89. The molecule has 1 aromatic rings. The summed E-state index contributed by atoms with van der Waals surface area (Å²) in [6.45, 7) is 3.70. The fourth-order valence-electron chi connectivity index (χ4n) is 1.76. The molecule has 1 atom stereocenters. The zero-order valence-electron chi connectivity index (χ0n) is 9.94. The van der Waals surface area contributed by atoms with E-state index in [-0.39, 0.29) is 35.8 Å². The van der Waals surface area contributed by atoms with Crippen molar-refractivity contribution in [3.05, 3.63) is 24.5 Å². The number of rotatable bonds is 2. The minimum atomic E-state index is -3.36. The van der Waals surface area contributed by atoms with Gasteiger partial charge in [-0.1, -0.05) is 0 Å². The summed E-state index contributed by atoms with van der Waals surface area (Å²) in [6, 6.07) is 3.41. The van der Waals surface area contributed by atoms with Crippen molar-refractivity contribution < 1.29 is 8.42 Å². The van der Waals surface area contributed by atoms with E-state index in [4.69, 9.17) is 0 Å². The fourth-order valence-corrected chi connectivity index (χ4v) is 3.26. The summed E-state index contributed by atoms with van der Waals surface area (Å²) in [5.74, 6) is 0. The van der Waals surface area contributed by atoms with E-state index in [0.29, 0.717) is 19.6 Å². The molecule has 0 bridgehead atoms. The molecule has 0 aromatic carbocycles. The van der Waals surface area contributed by atoms with Crippen molar-refractivity contribution in [2.75, 3.05) is 19.6 Å². The van der Waals surface area contributed by atoms with Gasteiger partial charge in [-0.25, -0.2) is 8.42 Å². The molecule has 1 saturated heterocycles. The maximum atomic E-state index is 12.2. The Balaban J connectivity index is 0.00000144. The molecule has 2 heterocycles. The Kier molecular flexibility index (Phi) is 7.09. The van der Waals surface area contributed by atoms with Gasteiger partial charge in [0.1, 0.15) is 4.90 Å². The molecule has 0 amide bonds. The lowest BCUT2D eigenvalue weighted by molar-refractivity contribution is 0.310. The topological polar surface area (TPSA) is 62.3 Å². The smallest absolute Gasteiger partial charge is 0.244 e. The summed E-state index contributed by atoms with van der Waals surface area (Å²) in [4.78, 5) is 4.11. The van der Waals surface area contributed by atoms with Crippen LogP contribution in [0.5, 0.6) is 0 Å². The molecule has 0 unspecified atom stereocenters. The standard InChI is InChI=1S/C10H15N3O2S.2ClH/c1-9-8-13(6-5-12-9)16(14,15)10-3-2-4-11-7-10;;/h2-4,7,9,12H,5-6,8H2,1H3;2*1H/t9-;;/m0../s1. The van der Waals surface area contributed by atoms with Crippen molar-refractivity contribution in [3.63, 3.8) is 0 Å². The van der Waals surface area contributed by atoms with Crippen LogP contribution in [0.1, 0.15) is 6.92 Å². The average Bonchev–Trinajstić information content (AvgIpc) is 2.30. The van der Waals surface area contributed by atoms with Gasteiger partial charge in [-0.2, -0.15) is 4.31 Å². The van der Waals surface area contributed by atoms with Crippen LogP contribution in [0, 0.1) is 0 Å². The van der Waals surface area contributed by atoms with E-state index in [0.717, 1.165) is 0 Å². The van der Waals surface area contributed by atoms with E-state index in [1.807, 2.05) is 6.92 Å². The second-order valence-electron chi connectivity index (χ2n) is 3.91. The van der Waals surface area contributed by atoms with Crippen LogP contribution in [-0.2, 0) is 10.0 Å². The molecule has 1 fully saturated rings. The molecule has 0 saturated carbocycles. The van der Waals surface area contributed by atoms with Crippen molar-refractivity contribution in [3.8, 4) is 0 Å². The highest BCUT2D eigenvalue weighted by Gasteiger charge is 2.28. The van der Waals surface area contributed by atoms with E-state index < -0.39 is 10.0 Å². The molecule has 104 valence electrons. The van der Waals surface area contributed by atoms with Gasteiger partial charge in [0.2, 0.25) is 10.0 Å². The van der Waals surface area contributed by atoms with Crippen molar-refractivity contribution in [1.82, 2.24) is 14.6 Å². The Morgan fingerprint density at radius 2 is 2.17 bits per heavy atom. The number of halogens is 2. The second-order valence-corrected chi connectivity index (χ2v) is 5.84. The summed E-state index contributed by atoms with van der Waals surface area (Å²) in [5, 5.41) is 3.21.